The van der Waals surface area contributed by atoms with Crippen LogP contribution in [0.25, 0.3) is 0 Å². The molecule has 0 unspecified atom stereocenters. The summed E-state index contributed by atoms with van der Waals surface area (Å²) in [5, 5.41) is 11.6. The first-order chi connectivity index (χ1) is 9.49. The van der Waals surface area contributed by atoms with Crippen molar-refractivity contribution in [3.05, 3.63) is 23.9 Å². The van der Waals surface area contributed by atoms with Gasteiger partial charge in [0.05, 0.1) is 11.3 Å². The Morgan fingerprint density at radius 3 is 2.60 bits per heavy atom. The topological polar surface area (TPSA) is 99.6 Å². The smallest absolute Gasteiger partial charge is 0.337 e. The molecule has 1 aromatic heterocycles. The van der Waals surface area contributed by atoms with E-state index in [1.807, 2.05) is 0 Å². The second kappa shape index (κ2) is 6.19. The lowest BCUT2D eigenvalue weighted by Gasteiger charge is -2.15. The van der Waals surface area contributed by atoms with Crippen LogP contribution in [0.4, 0.5) is 5.82 Å². The van der Waals surface area contributed by atoms with Gasteiger partial charge in [0.2, 0.25) is 10.0 Å². The fourth-order valence-electron chi connectivity index (χ4n) is 2.03. The van der Waals surface area contributed by atoms with E-state index < -0.39 is 16.0 Å². The van der Waals surface area contributed by atoms with Crippen molar-refractivity contribution in [2.24, 2.45) is 0 Å². The molecule has 20 heavy (non-hydrogen) atoms. The molecule has 1 aliphatic rings. The zero-order valence-electron chi connectivity index (χ0n) is 10.9. The van der Waals surface area contributed by atoms with E-state index in [-0.39, 0.29) is 17.9 Å². The van der Waals surface area contributed by atoms with Crippen LogP contribution >= 0.6 is 0 Å². The minimum atomic E-state index is -3.20. The van der Waals surface area contributed by atoms with Gasteiger partial charge in [0.1, 0.15) is 5.82 Å². The number of pyridine rings is 1. The first kappa shape index (κ1) is 14.7. The van der Waals surface area contributed by atoms with E-state index in [1.165, 1.54) is 22.6 Å². The second-order valence-electron chi connectivity index (χ2n) is 4.59. The van der Waals surface area contributed by atoms with Crippen molar-refractivity contribution in [1.29, 1.82) is 0 Å². The van der Waals surface area contributed by atoms with Crippen LogP contribution in [0.5, 0.6) is 0 Å². The summed E-state index contributed by atoms with van der Waals surface area (Å²) in [4.78, 5) is 14.6. The number of hydrogen-bond donors (Lipinski definition) is 2. The third kappa shape index (κ3) is 3.67. The Morgan fingerprint density at radius 1 is 1.35 bits per heavy atom. The highest BCUT2D eigenvalue weighted by molar-refractivity contribution is 7.89. The lowest BCUT2D eigenvalue weighted by atomic mass is 10.3. The van der Waals surface area contributed by atoms with Gasteiger partial charge >= 0.3 is 5.97 Å². The predicted octanol–water partition coefficient (Wildman–Crippen LogP) is 0.617. The average Bonchev–Trinajstić information content (AvgIpc) is 2.94. The van der Waals surface area contributed by atoms with Crippen LogP contribution in [0.1, 0.15) is 23.2 Å². The molecule has 0 saturated carbocycles. The van der Waals surface area contributed by atoms with E-state index in [9.17, 15) is 13.2 Å². The van der Waals surface area contributed by atoms with Crippen LogP contribution in [0.3, 0.4) is 0 Å². The summed E-state index contributed by atoms with van der Waals surface area (Å²) < 4.78 is 25.4. The number of aromatic carboxylic acids is 1. The van der Waals surface area contributed by atoms with E-state index in [1.54, 1.807) is 0 Å². The van der Waals surface area contributed by atoms with Gasteiger partial charge in [0.15, 0.2) is 0 Å². The molecule has 2 heterocycles. The normalized spacial score (nSPS) is 16.2. The molecule has 0 radical (unpaired) electrons. The van der Waals surface area contributed by atoms with Crippen molar-refractivity contribution < 1.29 is 18.3 Å². The number of carboxylic acids is 1. The average molecular weight is 299 g/mol. The zero-order chi connectivity index (χ0) is 14.6. The van der Waals surface area contributed by atoms with Gasteiger partial charge in [-0.1, -0.05) is 0 Å². The fourth-order valence-corrected chi connectivity index (χ4v) is 3.46. The molecule has 0 spiro atoms. The molecule has 2 N–H and O–H groups in total. The standard InChI is InChI=1S/C12H17N3O4S/c16-12(17)10-3-4-11(14-9-10)13-5-8-20(18,19)15-6-1-2-7-15/h3-4,9H,1-2,5-8H2,(H,13,14)(H,16,17). The lowest BCUT2D eigenvalue weighted by molar-refractivity contribution is 0.0696. The summed E-state index contributed by atoms with van der Waals surface area (Å²) in [6.07, 6.45) is 3.08. The van der Waals surface area contributed by atoms with E-state index >= 15 is 0 Å². The zero-order valence-corrected chi connectivity index (χ0v) is 11.8. The Kier molecular flexibility index (Phi) is 4.56. The van der Waals surface area contributed by atoms with Crippen molar-refractivity contribution in [2.45, 2.75) is 12.8 Å². The molecule has 0 aliphatic carbocycles. The van der Waals surface area contributed by atoms with E-state index in [4.69, 9.17) is 5.11 Å². The molecule has 1 fully saturated rings. The molecule has 7 nitrogen and oxygen atoms in total. The van der Waals surface area contributed by atoms with Crippen LogP contribution in [-0.4, -0.2) is 54.2 Å². The summed E-state index contributed by atoms with van der Waals surface area (Å²) in [5.41, 5.74) is 0.0974. The number of sulfonamides is 1. The molecule has 8 heteroatoms. The Morgan fingerprint density at radius 2 is 2.05 bits per heavy atom. The van der Waals surface area contributed by atoms with Crippen LogP contribution < -0.4 is 5.32 Å². The van der Waals surface area contributed by atoms with E-state index in [2.05, 4.69) is 10.3 Å². The number of anilines is 1. The predicted molar refractivity (Wildman–Crippen MR) is 74.3 cm³/mol. The van der Waals surface area contributed by atoms with Gasteiger partial charge in [-0.05, 0) is 25.0 Å². The third-order valence-electron chi connectivity index (χ3n) is 3.13. The molecule has 0 atom stereocenters. The number of carboxylic acid groups (broad SMARTS) is 1. The monoisotopic (exact) mass is 299 g/mol. The Bertz CT molecular complexity index is 565. The van der Waals surface area contributed by atoms with Gasteiger partial charge < -0.3 is 10.4 Å². The summed E-state index contributed by atoms with van der Waals surface area (Å²) in [5.74, 6) is -0.567. The largest absolute Gasteiger partial charge is 0.478 e. The van der Waals surface area contributed by atoms with Crippen molar-refractivity contribution in [2.75, 3.05) is 30.7 Å². The minimum absolute atomic E-state index is 0.00929. The number of nitrogens with one attached hydrogen (secondary N) is 1. The number of nitrogens with zero attached hydrogens (tertiary/aromatic N) is 2. The summed E-state index contributed by atoms with van der Waals surface area (Å²) >= 11 is 0. The van der Waals surface area contributed by atoms with Crippen LogP contribution in [0.2, 0.25) is 0 Å². The second-order valence-corrected chi connectivity index (χ2v) is 6.67. The Balaban J connectivity index is 1.84. The molecule has 0 amide bonds. The highest BCUT2D eigenvalue weighted by Crippen LogP contribution is 2.13. The summed E-state index contributed by atoms with van der Waals surface area (Å²) in [6.45, 7) is 1.46. The van der Waals surface area contributed by atoms with Crippen molar-refractivity contribution >= 4 is 21.8 Å². The van der Waals surface area contributed by atoms with Gasteiger partial charge in [-0.25, -0.2) is 22.5 Å². The minimum Gasteiger partial charge on any atom is -0.478 e. The van der Waals surface area contributed by atoms with Gasteiger partial charge in [-0.15, -0.1) is 0 Å². The van der Waals surface area contributed by atoms with Crippen molar-refractivity contribution in [1.82, 2.24) is 9.29 Å². The maximum Gasteiger partial charge on any atom is 0.337 e. The first-order valence-corrected chi connectivity index (χ1v) is 8.01. The molecule has 0 aromatic carbocycles. The fraction of sp³-hybridized carbons (Fsp3) is 0.500. The molecular formula is C12H17N3O4S. The summed E-state index contributed by atoms with van der Waals surface area (Å²) in [7, 11) is -3.20. The lowest BCUT2D eigenvalue weighted by Crippen LogP contribution is -2.32. The number of aromatic nitrogens is 1. The van der Waals surface area contributed by atoms with Crippen LogP contribution in [0.15, 0.2) is 18.3 Å². The molecular weight excluding hydrogens is 282 g/mol. The summed E-state index contributed by atoms with van der Waals surface area (Å²) in [6, 6.07) is 2.94. The third-order valence-corrected chi connectivity index (χ3v) is 5.01. The molecule has 1 saturated heterocycles. The molecule has 1 aliphatic heterocycles. The van der Waals surface area contributed by atoms with Crippen molar-refractivity contribution in [3.63, 3.8) is 0 Å². The molecule has 1 aromatic rings. The van der Waals surface area contributed by atoms with Gasteiger partial charge in [-0.3, -0.25) is 0 Å². The molecule has 0 bridgehead atoms. The quantitative estimate of drug-likeness (QED) is 0.798. The highest BCUT2D eigenvalue weighted by Gasteiger charge is 2.24. The van der Waals surface area contributed by atoms with Gasteiger partial charge in [0, 0.05) is 25.8 Å². The number of rotatable bonds is 6. The Hall–Kier alpha value is -1.67. The molecule has 2 rings (SSSR count). The SMILES string of the molecule is O=C(O)c1ccc(NCCS(=O)(=O)N2CCCC2)nc1. The van der Waals surface area contributed by atoms with Crippen molar-refractivity contribution in [3.8, 4) is 0 Å². The maximum atomic E-state index is 12.0. The highest BCUT2D eigenvalue weighted by atomic mass is 32.2. The number of hydrogen-bond acceptors (Lipinski definition) is 5. The van der Waals surface area contributed by atoms with Gasteiger partial charge in [0.25, 0.3) is 0 Å². The van der Waals surface area contributed by atoms with E-state index in [0.29, 0.717) is 18.9 Å². The Labute approximate surface area is 117 Å². The van der Waals surface area contributed by atoms with E-state index in [0.717, 1.165) is 12.8 Å². The van der Waals surface area contributed by atoms with Crippen LogP contribution in [-0.2, 0) is 10.0 Å². The van der Waals surface area contributed by atoms with Crippen LogP contribution in [0, 0.1) is 0 Å². The molecule has 110 valence electrons. The first-order valence-electron chi connectivity index (χ1n) is 6.40. The maximum absolute atomic E-state index is 12.0. The van der Waals surface area contributed by atoms with Gasteiger partial charge in [-0.2, -0.15) is 0 Å². The number of carbonyl (C=O) groups is 1.